The lowest BCUT2D eigenvalue weighted by molar-refractivity contribution is -0.146. The maximum atomic E-state index is 12.4. The van der Waals surface area contributed by atoms with E-state index in [0.717, 1.165) is 22.2 Å². The van der Waals surface area contributed by atoms with Crippen LogP contribution in [0, 0.1) is 0 Å². The summed E-state index contributed by atoms with van der Waals surface area (Å²) in [6, 6.07) is 16.0. The second-order valence-corrected chi connectivity index (χ2v) is 8.57. The predicted octanol–water partition coefficient (Wildman–Crippen LogP) is 3.18. The molecule has 0 aliphatic heterocycles. The first-order valence-corrected chi connectivity index (χ1v) is 10.7. The van der Waals surface area contributed by atoms with Gasteiger partial charge in [0.25, 0.3) is 0 Å². The molecule has 1 heterocycles. The molecule has 0 bridgehead atoms. The van der Waals surface area contributed by atoms with Gasteiger partial charge in [0.1, 0.15) is 0 Å². The van der Waals surface area contributed by atoms with Crippen LogP contribution in [-0.4, -0.2) is 32.0 Å². The Labute approximate surface area is 165 Å². The number of rotatable bonds is 8. The number of hydrogen-bond donors (Lipinski definition) is 2. The SMILES string of the molecule is CC(C)OC(=O)Cc1[nH]c2ccccc2c1CCNS(=O)(=O)c1ccccc1. The van der Waals surface area contributed by atoms with E-state index < -0.39 is 10.0 Å². The lowest BCUT2D eigenvalue weighted by Gasteiger charge is -2.10. The Morgan fingerprint density at radius 1 is 1.07 bits per heavy atom. The van der Waals surface area contributed by atoms with Crippen molar-refractivity contribution in [1.82, 2.24) is 9.71 Å². The van der Waals surface area contributed by atoms with Gasteiger partial charge in [0, 0.05) is 23.1 Å². The maximum absolute atomic E-state index is 12.4. The minimum absolute atomic E-state index is 0.119. The van der Waals surface area contributed by atoms with Crippen LogP contribution in [0.15, 0.2) is 59.5 Å². The number of sulfonamides is 1. The van der Waals surface area contributed by atoms with E-state index in [4.69, 9.17) is 4.74 Å². The summed E-state index contributed by atoms with van der Waals surface area (Å²) in [7, 11) is -3.57. The molecule has 0 fully saturated rings. The van der Waals surface area contributed by atoms with Crippen LogP contribution in [0.1, 0.15) is 25.1 Å². The third kappa shape index (κ3) is 4.79. The van der Waals surface area contributed by atoms with Crippen LogP contribution in [0.4, 0.5) is 0 Å². The summed E-state index contributed by atoms with van der Waals surface area (Å²) in [4.78, 5) is 15.6. The van der Waals surface area contributed by atoms with Crippen LogP contribution < -0.4 is 4.72 Å². The van der Waals surface area contributed by atoms with E-state index in [1.54, 1.807) is 30.3 Å². The predicted molar refractivity (Wildman–Crippen MR) is 109 cm³/mol. The Morgan fingerprint density at radius 3 is 2.46 bits per heavy atom. The van der Waals surface area contributed by atoms with Crippen molar-refractivity contribution in [3.63, 3.8) is 0 Å². The van der Waals surface area contributed by atoms with Crippen molar-refractivity contribution < 1.29 is 17.9 Å². The van der Waals surface area contributed by atoms with Crippen LogP contribution >= 0.6 is 0 Å². The van der Waals surface area contributed by atoms with Gasteiger partial charge >= 0.3 is 5.97 Å². The minimum Gasteiger partial charge on any atom is -0.463 e. The van der Waals surface area contributed by atoms with Gasteiger partial charge in [0.05, 0.1) is 17.4 Å². The largest absolute Gasteiger partial charge is 0.463 e. The van der Waals surface area contributed by atoms with Gasteiger partial charge in [-0.15, -0.1) is 0 Å². The number of aromatic nitrogens is 1. The van der Waals surface area contributed by atoms with Crippen molar-refractivity contribution in [2.24, 2.45) is 0 Å². The van der Waals surface area contributed by atoms with E-state index >= 15 is 0 Å². The van der Waals surface area contributed by atoms with Crippen molar-refractivity contribution in [3.05, 3.63) is 65.9 Å². The summed E-state index contributed by atoms with van der Waals surface area (Å²) >= 11 is 0. The summed E-state index contributed by atoms with van der Waals surface area (Å²) in [6.07, 6.45) is 0.395. The van der Waals surface area contributed by atoms with Crippen molar-refractivity contribution in [3.8, 4) is 0 Å². The molecule has 3 aromatic rings. The van der Waals surface area contributed by atoms with E-state index in [-0.39, 0.29) is 29.9 Å². The van der Waals surface area contributed by atoms with E-state index in [1.165, 1.54) is 0 Å². The molecule has 0 amide bonds. The molecule has 0 saturated carbocycles. The van der Waals surface area contributed by atoms with E-state index in [2.05, 4.69) is 9.71 Å². The Kier molecular flexibility index (Phi) is 6.16. The molecule has 6 nitrogen and oxygen atoms in total. The molecule has 0 radical (unpaired) electrons. The third-order valence-electron chi connectivity index (χ3n) is 4.31. The second-order valence-electron chi connectivity index (χ2n) is 6.80. The minimum atomic E-state index is -3.57. The van der Waals surface area contributed by atoms with Crippen molar-refractivity contribution in [2.45, 2.75) is 37.7 Å². The van der Waals surface area contributed by atoms with Gasteiger partial charge in [-0.05, 0) is 44.0 Å². The molecule has 2 N–H and O–H groups in total. The lowest BCUT2D eigenvalue weighted by Crippen LogP contribution is -2.26. The third-order valence-corrected chi connectivity index (χ3v) is 5.79. The van der Waals surface area contributed by atoms with Crippen molar-refractivity contribution in [1.29, 1.82) is 0 Å². The zero-order valence-electron chi connectivity index (χ0n) is 15.9. The molecule has 1 aromatic heterocycles. The van der Waals surface area contributed by atoms with Crippen LogP contribution in [0.25, 0.3) is 10.9 Å². The van der Waals surface area contributed by atoms with Crippen LogP contribution in [0.5, 0.6) is 0 Å². The zero-order chi connectivity index (χ0) is 20.1. The number of H-pyrrole nitrogens is 1. The molecule has 148 valence electrons. The van der Waals surface area contributed by atoms with Gasteiger partial charge in [0.2, 0.25) is 10.0 Å². The molecule has 0 unspecified atom stereocenters. The van der Waals surface area contributed by atoms with E-state index in [9.17, 15) is 13.2 Å². The molecule has 2 aromatic carbocycles. The highest BCUT2D eigenvalue weighted by molar-refractivity contribution is 7.89. The van der Waals surface area contributed by atoms with Crippen molar-refractivity contribution >= 4 is 26.9 Å². The molecule has 0 spiro atoms. The molecule has 0 saturated heterocycles. The molecule has 3 rings (SSSR count). The smallest absolute Gasteiger partial charge is 0.312 e. The monoisotopic (exact) mass is 400 g/mol. The number of esters is 1. The molecule has 0 aliphatic carbocycles. The van der Waals surface area contributed by atoms with E-state index in [0.29, 0.717) is 6.42 Å². The first-order chi connectivity index (χ1) is 13.4. The number of ether oxygens (including phenoxy) is 1. The average molecular weight is 401 g/mol. The Bertz CT molecular complexity index is 1060. The number of fused-ring (bicyclic) bond motifs is 1. The van der Waals surface area contributed by atoms with Gasteiger partial charge in [-0.1, -0.05) is 36.4 Å². The first kappa shape index (κ1) is 20.1. The Balaban J connectivity index is 1.78. The summed E-state index contributed by atoms with van der Waals surface area (Å²) in [6.45, 7) is 3.84. The zero-order valence-corrected chi connectivity index (χ0v) is 16.8. The summed E-state index contributed by atoms with van der Waals surface area (Å²) < 4.78 is 32.7. The molecular weight excluding hydrogens is 376 g/mol. The quantitative estimate of drug-likeness (QED) is 0.569. The highest BCUT2D eigenvalue weighted by Gasteiger charge is 2.17. The Morgan fingerprint density at radius 2 is 1.75 bits per heavy atom. The fraction of sp³-hybridized carbons (Fsp3) is 0.286. The van der Waals surface area contributed by atoms with E-state index in [1.807, 2.05) is 38.1 Å². The molecular formula is C21H24N2O4S. The first-order valence-electron chi connectivity index (χ1n) is 9.19. The summed E-state index contributed by atoms with van der Waals surface area (Å²) in [5, 5.41) is 0.980. The molecule has 28 heavy (non-hydrogen) atoms. The Hall–Kier alpha value is -2.64. The number of nitrogens with one attached hydrogen (secondary N) is 2. The number of aromatic amines is 1. The fourth-order valence-corrected chi connectivity index (χ4v) is 4.19. The number of para-hydroxylation sites is 1. The average Bonchev–Trinajstić information content (AvgIpc) is 2.99. The maximum Gasteiger partial charge on any atom is 0.312 e. The number of benzene rings is 2. The second kappa shape index (κ2) is 8.58. The highest BCUT2D eigenvalue weighted by atomic mass is 32.2. The number of hydrogen-bond acceptors (Lipinski definition) is 4. The molecule has 0 aliphatic rings. The van der Waals surface area contributed by atoms with Crippen LogP contribution in [-0.2, 0) is 32.4 Å². The van der Waals surface area contributed by atoms with Crippen LogP contribution in [0.2, 0.25) is 0 Å². The fourth-order valence-electron chi connectivity index (χ4n) is 3.13. The van der Waals surface area contributed by atoms with Gasteiger partial charge in [-0.2, -0.15) is 0 Å². The summed E-state index contributed by atoms with van der Waals surface area (Å²) in [5.74, 6) is -0.312. The standard InChI is InChI=1S/C21H24N2O4S/c1-15(2)27-21(24)14-20-18(17-10-6-7-11-19(17)23-20)12-13-22-28(25,26)16-8-4-3-5-9-16/h3-11,15,22-23H,12-14H2,1-2H3. The lowest BCUT2D eigenvalue weighted by atomic mass is 10.1. The topological polar surface area (TPSA) is 88.3 Å². The summed E-state index contributed by atoms with van der Waals surface area (Å²) in [5.41, 5.74) is 2.59. The molecule has 7 heteroatoms. The van der Waals surface area contributed by atoms with Crippen molar-refractivity contribution in [2.75, 3.05) is 6.54 Å². The number of carbonyl (C=O) groups is 1. The number of carbonyl (C=O) groups excluding carboxylic acids is 1. The van der Waals surface area contributed by atoms with Crippen LogP contribution in [0.3, 0.4) is 0 Å². The normalized spacial score (nSPS) is 11.8. The molecule has 0 atom stereocenters. The van der Waals surface area contributed by atoms with Gasteiger partial charge < -0.3 is 9.72 Å². The highest BCUT2D eigenvalue weighted by Crippen LogP contribution is 2.24. The van der Waals surface area contributed by atoms with Gasteiger partial charge in [-0.3, -0.25) is 4.79 Å². The van der Waals surface area contributed by atoms with Gasteiger partial charge in [0.15, 0.2) is 0 Å². The van der Waals surface area contributed by atoms with Gasteiger partial charge in [-0.25, -0.2) is 13.1 Å².